The van der Waals surface area contributed by atoms with Gasteiger partial charge in [-0.3, -0.25) is 4.90 Å². The molecule has 2 rings (SSSR count). The lowest BCUT2D eigenvalue weighted by Crippen LogP contribution is -2.53. The van der Waals surface area contributed by atoms with Crippen molar-refractivity contribution in [3.8, 4) is 5.75 Å². The van der Waals surface area contributed by atoms with Crippen LogP contribution >= 0.6 is 0 Å². The van der Waals surface area contributed by atoms with Crippen molar-refractivity contribution in [2.75, 3.05) is 26.3 Å². The number of nitrogens with zero attached hydrogens (tertiary/aromatic N) is 2. The second-order valence-corrected chi connectivity index (χ2v) is 13.7. The Labute approximate surface area is 154 Å². The lowest BCUT2D eigenvalue weighted by molar-refractivity contribution is 0.0335. The molecule has 5 nitrogen and oxygen atoms in total. The zero-order chi connectivity index (χ0) is 18.6. The van der Waals surface area contributed by atoms with E-state index in [0.29, 0.717) is 16.6 Å². The molecule has 1 radical (unpaired) electrons. The summed E-state index contributed by atoms with van der Waals surface area (Å²) in [5.74, 6) is 0.726. The van der Waals surface area contributed by atoms with Crippen molar-refractivity contribution in [1.29, 1.82) is 0 Å². The van der Waals surface area contributed by atoms with Crippen LogP contribution in [0.15, 0.2) is 12.3 Å². The Morgan fingerprint density at radius 1 is 1.12 bits per heavy atom. The normalized spacial score (nSPS) is 16.9. The van der Waals surface area contributed by atoms with Gasteiger partial charge in [-0.2, -0.15) is 0 Å². The second-order valence-electron chi connectivity index (χ2n) is 8.00. The third kappa shape index (κ3) is 4.15. The Morgan fingerprint density at radius 3 is 2.16 bits per heavy atom. The van der Waals surface area contributed by atoms with Crippen LogP contribution in [0.25, 0.3) is 0 Å². The van der Waals surface area contributed by atoms with E-state index in [2.05, 4.69) is 62.9 Å². The minimum absolute atomic E-state index is 0.606. The summed E-state index contributed by atoms with van der Waals surface area (Å²) in [5, 5.41) is 9.10. The maximum atomic E-state index is 9.10. The fourth-order valence-corrected chi connectivity index (χ4v) is 11.6. The third-order valence-electron chi connectivity index (χ3n) is 5.74. The van der Waals surface area contributed by atoms with Gasteiger partial charge < -0.3 is 18.6 Å². The molecular formula is C18H34BN2O3Si. The van der Waals surface area contributed by atoms with Gasteiger partial charge >= 0.3 is 7.69 Å². The Hall–Kier alpha value is -0.758. The van der Waals surface area contributed by atoms with Gasteiger partial charge in [0.2, 0.25) is 0 Å². The van der Waals surface area contributed by atoms with E-state index < -0.39 is 8.24 Å². The van der Waals surface area contributed by atoms with Gasteiger partial charge in [0.05, 0.1) is 13.2 Å². The van der Waals surface area contributed by atoms with E-state index in [1.54, 1.807) is 0 Å². The van der Waals surface area contributed by atoms with Gasteiger partial charge in [-0.05, 0) is 22.7 Å². The molecule has 2 heterocycles. The molecule has 0 amide bonds. The molecule has 0 atom stereocenters. The molecule has 1 fully saturated rings. The smallest absolute Gasteiger partial charge is 0.536 e. The maximum Gasteiger partial charge on any atom is 0.569 e. The van der Waals surface area contributed by atoms with Crippen molar-refractivity contribution in [3.63, 3.8) is 0 Å². The largest absolute Gasteiger partial charge is 0.569 e. The zero-order valence-corrected chi connectivity index (χ0v) is 17.7. The average molecular weight is 365 g/mol. The molecule has 0 unspecified atom stereocenters. The molecule has 0 aliphatic carbocycles. The Kier molecular flexibility index (Phi) is 7.20. The monoisotopic (exact) mass is 365 g/mol. The van der Waals surface area contributed by atoms with Crippen LogP contribution in [0.2, 0.25) is 16.6 Å². The van der Waals surface area contributed by atoms with E-state index >= 15 is 0 Å². The first-order valence-corrected chi connectivity index (χ1v) is 11.7. The van der Waals surface area contributed by atoms with Crippen LogP contribution in [0.4, 0.5) is 0 Å². The van der Waals surface area contributed by atoms with Gasteiger partial charge in [-0.25, -0.2) is 0 Å². The molecular weight excluding hydrogens is 331 g/mol. The number of aromatic nitrogens is 1. The van der Waals surface area contributed by atoms with Crippen LogP contribution in [0.5, 0.6) is 5.75 Å². The van der Waals surface area contributed by atoms with E-state index in [4.69, 9.17) is 14.4 Å². The van der Waals surface area contributed by atoms with Crippen molar-refractivity contribution >= 4 is 15.9 Å². The summed E-state index contributed by atoms with van der Waals surface area (Å²) in [7, 11) is -1.08. The van der Waals surface area contributed by atoms with E-state index in [0.717, 1.165) is 46.3 Å². The highest BCUT2D eigenvalue weighted by molar-refractivity contribution is 6.82. The van der Waals surface area contributed by atoms with Crippen molar-refractivity contribution in [1.82, 2.24) is 9.13 Å². The quantitative estimate of drug-likeness (QED) is 0.719. The lowest BCUT2D eigenvalue weighted by Gasteiger charge is -2.45. The minimum Gasteiger partial charge on any atom is -0.536 e. The molecule has 1 aliphatic rings. The zero-order valence-electron chi connectivity index (χ0n) is 16.7. The summed E-state index contributed by atoms with van der Waals surface area (Å²) in [6.07, 6.45) is 2.12. The summed E-state index contributed by atoms with van der Waals surface area (Å²) in [4.78, 5) is 2.45. The highest BCUT2D eigenvalue weighted by atomic mass is 28.3. The van der Waals surface area contributed by atoms with Crippen LogP contribution in [0.1, 0.15) is 47.2 Å². The van der Waals surface area contributed by atoms with Crippen LogP contribution in [0.3, 0.4) is 0 Å². The highest BCUT2D eigenvalue weighted by Gasteiger charge is 2.46. The number of ether oxygens (including phenoxy) is 1. The van der Waals surface area contributed by atoms with Gasteiger partial charge in [0.15, 0.2) is 8.24 Å². The van der Waals surface area contributed by atoms with Crippen LogP contribution in [-0.2, 0) is 11.3 Å². The molecule has 1 saturated heterocycles. The highest BCUT2D eigenvalue weighted by Crippen LogP contribution is 2.44. The van der Waals surface area contributed by atoms with E-state index in [1.165, 1.54) is 5.69 Å². The third-order valence-corrected chi connectivity index (χ3v) is 12.5. The summed E-state index contributed by atoms with van der Waals surface area (Å²) >= 11 is 0. The fourth-order valence-electron chi connectivity index (χ4n) is 4.91. The van der Waals surface area contributed by atoms with Crippen molar-refractivity contribution < 1.29 is 14.4 Å². The van der Waals surface area contributed by atoms with E-state index in [9.17, 15) is 0 Å². The van der Waals surface area contributed by atoms with E-state index in [1.807, 2.05) is 0 Å². The molecule has 25 heavy (non-hydrogen) atoms. The number of hydrogen-bond donors (Lipinski definition) is 1. The average Bonchev–Trinajstić information content (AvgIpc) is 2.91. The first-order valence-electron chi connectivity index (χ1n) is 9.48. The van der Waals surface area contributed by atoms with Gasteiger partial charge in [0.1, 0.15) is 5.75 Å². The first-order chi connectivity index (χ1) is 11.8. The number of morpholine rings is 1. The molecule has 141 valence electrons. The topological polar surface area (TPSA) is 46.9 Å². The molecule has 1 N–H and O–H groups in total. The molecule has 1 aromatic heterocycles. The molecule has 0 spiro atoms. The first kappa shape index (κ1) is 20.6. The van der Waals surface area contributed by atoms with Gasteiger partial charge in [0, 0.05) is 31.5 Å². The maximum absolute atomic E-state index is 9.10. The van der Waals surface area contributed by atoms with E-state index in [-0.39, 0.29) is 0 Å². The Balaban J connectivity index is 2.47. The Morgan fingerprint density at radius 2 is 1.68 bits per heavy atom. The number of rotatable bonds is 8. The van der Waals surface area contributed by atoms with Crippen molar-refractivity contribution in [3.05, 3.63) is 18.0 Å². The molecule has 0 saturated carbocycles. The van der Waals surface area contributed by atoms with Crippen LogP contribution < -0.4 is 4.65 Å². The summed E-state index contributed by atoms with van der Waals surface area (Å²) in [5.41, 5.74) is 3.11. The van der Waals surface area contributed by atoms with Gasteiger partial charge in [-0.15, -0.1) is 0 Å². The predicted octanol–water partition coefficient (Wildman–Crippen LogP) is 3.25. The van der Waals surface area contributed by atoms with Gasteiger partial charge in [0.25, 0.3) is 0 Å². The molecule has 1 aromatic rings. The molecule has 0 bridgehead atoms. The lowest BCUT2D eigenvalue weighted by atomic mass is 10.3. The SMILES string of the molecule is CC(C)[Si](C(C)C)(C(C)C)n1cc(O[B]O)cc1CN1CCOCC1. The molecule has 1 aliphatic heterocycles. The van der Waals surface area contributed by atoms with Crippen LogP contribution in [-0.4, -0.2) is 56.4 Å². The standard InChI is InChI=1S/C18H34BN2O3Si/c1-14(2)25(15(3)4,16(5)6)21-13-18(24-19-22)11-17(21)12-20-7-9-23-10-8-20/h11,13-16,22H,7-10,12H2,1-6H3. The summed E-state index contributed by atoms with van der Waals surface area (Å²) < 4.78 is 13.4. The minimum atomic E-state index is -1.86. The van der Waals surface area contributed by atoms with Gasteiger partial charge in [-0.1, -0.05) is 41.5 Å². The molecule has 0 aromatic carbocycles. The van der Waals surface area contributed by atoms with Crippen molar-refractivity contribution in [2.45, 2.75) is 64.7 Å². The van der Waals surface area contributed by atoms with Crippen molar-refractivity contribution in [2.24, 2.45) is 0 Å². The summed E-state index contributed by atoms with van der Waals surface area (Å²) in [6, 6.07) is 2.09. The summed E-state index contributed by atoms with van der Waals surface area (Å²) in [6.45, 7) is 18.6. The second kappa shape index (κ2) is 8.75. The van der Waals surface area contributed by atoms with Crippen LogP contribution in [0, 0.1) is 0 Å². The molecule has 7 heteroatoms. The fraction of sp³-hybridized carbons (Fsp3) is 0.778. The Bertz CT molecular complexity index is 521. The predicted molar refractivity (Wildman–Crippen MR) is 106 cm³/mol. The number of hydrogen-bond acceptors (Lipinski definition) is 4.